The summed E-state index contributed by atoms with van der Waals surface area (Å²) in [7, 11) is 0. The number of carbonyl (C=O) groups is 1. The van der Waals surface area contributed by atoms with Crippen LogP contribution in [0, 0.1) is 13.8 Å². The average molecular weight is 202 g/mol. The van der Waals surface area contributed by atoms with E-state index in [-0.39, 0.29) is 12.3 Å². The Hall–Kier alpha value is -1.61. The molecule has 2 rings (SSSR count). The second-order valence-corrected chi connectivity index (χ2v) is 3.81. The first-order chi connectivity index (χ1) is 7.13. The molecule has 1 aromatic carbocycles. The number of Topliss-reactive ketones (excluding diaryl/α,β-unsaturated/α-hetero) is 1. The molecule has 2 aromatic rings. The van der Waals surface area contributed by atoms with Crippen molar-refractivity contribution in [1.82, 2.24) is 4.98 Å². The van der Waals surface area contributed by atoms with Crippen molar-refractivity contribution in [3.63, 3.8) is 0 Å². The third-order valence-electron chi connectivity index (χ3n) is 2.78. The number of hydrogen-bond donors (Lipinski definition) is 2. The molecule has 1 heterocycles. The van der Waals surface area contributed by atoms with Gasteiger partial charge in [0.05, 0.1) is 6.54 Å². The SMILES string of the molecule is Cc1cc2[nH]cc(C(=O)CN)c2cc1C. The van der Waals surface area contributed by atoms with Gasteiger partial charge in [0.25, 0.3) is 0 Å². The number of benzene rings is 1. The standard InChI is InChI=1S/C12H14N2O/c1-7-3-9-10(12(15)5-13)6-14-11(9)4-8(7)2/h3-4,6,14H,5,13H2,1-2H3. The normalized spacial score (nSPS) is 10.9. The zero-order valence-electron chi connectivity index (χ0n) is 8.92. The summed E-state index contributed by atoms with van der Waals surface area (Å²) in [4.78, 5) is 14.6. The highest BCUT2D eigenvalue weighted by Crippen LogP contribution is 2.22. The van der Waals surface area contributed by atoms with Crippen molar-refractivity contribution in [3.8, 4) is 0 Å². The van der Waals surface area contributed by atoms with E-state index >= 15 is 0 Å². The predicted molar refractivity (Wildman–Crippen MR) is 61.2 cm³/mol. The van der Waals surface area contributed by atoms with Crippen LogP contribution in [0.25, 0.3) is 10.9 Å². The highest BCUT2D eigenvalue weighted by Gasteiger charge is 2.10. The number of aromatic nitrogens is 1. The average Bonchev–Trinajstić information content (AvgIpc) is 2.61. The number of H-pyrrole nitrogens is 1. The Morgan fingerprint density at radius 2 is 2.00 bits per heavy atom. The molecule has 3 heteroatoms. The van der Waals surface area contributed by atoms with E-state index in [2.05, 4.69) is 18.0 Å². The van der Waals surface area contributed by atoms with Crippen LogP contribution in [0.2, 0.25) is 0 Å². The van der Waals surface area contributed by atoms with Crippen LogP contribution in [0.3, 0.4) is 0 Å². The summed E-state index contributed by atoms with van der Waals surface area (Å²) in [6.45, 7) is 4.15. The topological polar surface area (TPSA) is 58.9 Å². The third kappa shape index (κ3) is 1.55. The van der Waals surface area contributed by atoms with Gasteiger partial charge in [-0.25, -0.2) is 0 Å². The molecule has 0 saturated carbocycles. The van der Waals surface area contributed by atoms with Crippen molar-refractivity contribution in [1.29, 1.82) is 0 Å². The lowest BCUT2D eigenvalue weighted by Crippen LogP contribution is -2.12. The molecule has 0 fully saturated rings. The van der Waals surface area contributed by atoms with Crippen LogP contribution in [0.1, 0.15) is 21.5 Å². The first kappa shape index (κ1) is 9.93. The maximum absolute atomic E-state index is 11.5. The fourth-order valence-electron chi connectivity index (χ4n) is 1.73. The largest absolute Gasteiger partial charge is 0.360 e. The second kappa shape index (κ2) is 3.51. The molecule has 0 aliphatic heterocycles. The number of ketones is 1. The van der Waals surface area contributed by atoms with Crippen LogP contribution in [0.4, 0.5) is 0 Å². The van der Waals surface area contributed by atoms with Crippen LogP contribution in [0.5, 0.6) is 0 Å². The lowest BCUT2D eigenvalue weighted by Gasteiger charge is -2.01. The summed E-state index contributed by atoms with van der Waals surface area (Å²) in [5.74, 6) is -0.0236. The van der Waals surface area contributed by atoms with Crippen molar-refractivity contribution in [2.75, 3.05) is 6.54 Å². The van der Waals surface area contributed by atoms with Gasteiger partial charge >= 0.3 is 0 Å². The Morgan fingerprint density at radius 3 is 2.67 bits per heavy atom. The fraction of sp³-hybridized carbons (Fsp3) is 0.250. The zero-order chi connectivity index (χ0) is 11.0. The maximum Gasteiger partial charge on any atom is 0.178 e. The minimum atomic E-state index is -0.0236. The van der Waals surface area contributed by atoms with E-state index in [9.17, 15) is 4.79 Å². The van der Waals surface area contributed by atoms with Crippen LogP contribution in [0.15, 0.2) is 18.3 Å². The molecule has 3 nitrogen and oxygen atoms in total. The van der Waals surface area contributed by atoms with E-state index in [1.807, 2.05) is 13.0 Å². The number of nitrogens with two attached hydrogens (primary N) is 1. The van der Waals surface area contributed by atoms with Crippen molar-refractivity contribution in [2.24, 2.45) is 5.73 Å². The van der Waals surface area contributed by atoms with Crippen LogP contribution < -0.4 is 5.73 Å². The minimum Gasteiger partial charge on any atom is -0.360 e. The summed E-state index contributed by atoms with van der Waals surface area (Å²) in [6.07, 6.45) is 1.73. The number of fused-ring (bicyclic) bond motifs is 1. The maximum atomic E-state index is 11.5. The van der Waals surface area contributed by atoms with E-state index in [0.29, 0.717) is 5.56 Å². The molecule has 0 amide bonds. The molecule has 15 heavy (non-hydrogen) atoms. The van der Waals surface area contributed by atoms with Crippen molar-refractivity contribution in [3.05, 3.63) is 35.0 Å². The zero-order valence-corrected chi connectivity index (χ0v) is 8.92. The summed E-state index contributed by atoms with van der Waals surface area (Å²) in [5, 5.41) is 0.966. The molecule has 3 N–H and O–H groups in total. The molecule has 0 spiro atoms. The van der Waals surface area contributed by atoms with E-state index in [1.54, 1.807) is 6.20 Å². The Labute approximate surface area is 88.3 Å². The predicted octanol–water partition coefficient (Wildman–Crippen LogP) is 1.93. The molecule has 0 aliphatic rings. The number of rotatable bonds is 2. The highest BCUT2D eigenvalue weighted by molar-refractivity contribution is 6.08. The van der Waals surface area contributed by atoms with Gasteiger partial charge in [0.15, 0.2) is 5.78 Å². The number of nitrogens with one attached hydrogen (secondary N) is 1. The van der Waals surface area contributed by atoms with E-state index in [1.165, 1.54) is 11.1 Å². The van der Waals surface area contributed by atoms with Gasteiger partial charge in [-0.2, -0.15) is 0 Å². The third-order valence-corrected chi connectivity index (χ3v) is 2.78. The molecule has 0 radical (unpaired) electrons. The molecule has 0 unspecified atom stereocenters. The number of carbonyl (C=O) groups excluding carboxylic acids is 1. The highest BCUT2D eigenvalue weighted by atomic mass is 16.1. The van der Waals surface area contributed by atoms with Crippen LogP contribution in [-0.4, -0.2) is 17.3 Å². The van der Waals surface area contributed by atoms with Crippen molar-refractivity contribution >= 4 is 16.7 Å². The lowest BCUT2D eigenvalue weighted by atomic mass is 10.0. The van der Waals surface area contributed by atoms with Gasteiger partial charge in [-0.3, -0.25) is 4.79 Å². The van der Waals surface area contributed by atoms with Gasteiger partial charge in [0, 0.05) is 22.7 Å². The molecular weight excluding hydrogens is 188 g/mol. The van der Waals surface area contributed by atoms with Crippen LogP contribution in [-0.2, 0) is 0 Å². The Balaban J connectivity index is 2.69. The quantitative estimate of drug-likeness (QED) is 0.731. The molecule has 0 bridgehead atoms. The molecule has 0 saturated heterocycles. The molecule has 0 aliphatic carbocycles. The van der Waals surface area contributed by atoms with E-state index < -0.39 is 0 Å². The summed E-state index contributed by atoms with van der Waals surface area (Å²) in [6, 6.07) is 4.09. The van der Waals surface area contributed by atoms with Gasteiger partial charge < -0.3 is 10.7 Å². The van der Waals surface area contributed by atoms with Crippen molar-refractivity contribution in [2.45, 2.75) is 13.8 Å². The summed E-state index contributed by atoms with van der Waals surface area (Å²) < 4.78 is 0. The van der Waals surface area contributed by atoms with E-state index in [0.717, 1.165) is 10.9 Å². The lowest BCUT2D eigenvalue weighted by molar-refractivity contribution is 0.100. The molecule has 78 valence electrons. The minimum absolute atomic E-state index is 0.0236. The summed E-state index contributed by atoms with van der Waals surface area (Å²) in [5.41, 5.74) is 9.45. The number of aromatic amines is 1. The fourth-order valence-corrected chi connectivity index (χ4v) is 1.73. The Morgan fingerprint density at radius 1 is 1.33 bits per heavy atom. The van der Waals surface area contributed by atoms with Gasteiger partial charge in [-0.15, -0.1) is 0 Å². The van der Waals surface area contributed by atoms with E-state index in [4.69, 9.17) is 5.73 Å². The monoisotopic (exact) mass is 202 g/mol. The molecule has 1 aromatic heterocycles. The van der Waals surface area contributed by atoms with Gasteiger partial charge in [-0.1, -0.05) is 0 Å². The van der Waals surface area contributed by atoms with Crippen LogP contribution >= 0.6 is 0 Å². The first-order valence-corrected chi connectivity index (χ1v) is 4.95. The van der Waals surface area contributed by atoms with Crippen molar-refractivity contribution < 1.29 is 4.79 Å². The van der Waals surface area contributed by atoms with Gasteiger partial charge in [0.2, 0.25) is 0 Å². The molecular formula is C12H14N2O. The number of hydrogen-bond acceptors (Lipinski definition) is 2. The Kier molecular flexibility index (Phi) is 2.32. The van der Waals surface area contributed by atoms with Gasteiger partial charge in [0.1, 0.15) is 0 Å². The summed E-state index contributed by atoms with van der Waals surface area (Å²) >= 11 is 0. The second-order valence-electron chi connectivity index (χ2n) is 3.81. The smallest absolute Gasteiger partial charge is 0.178 e. The number of aryl methyl sites for hydroxylation is 2. The van der Waals surface area contributed by atoms with Gasteiger partial charge in [-0.05, 0) is 37.1 Å². The first-order valence-electron chi connectivity index (χ1n) is 4.95. The molecule has 0 atom stereocenters. The Bertz CT molecular complexity index is 526.